The first-order chi connectivity index (χ1) is 6.85. The van der Waals surface area contributed by atoms with Gasteiger partial charge >= 0.3 is 0 Å². The molecule has 1 atom stereocenters. The lowest BCUT2D eigenvalue weighted by atomic mass is 10.2. The van der Waals surface area contributed by atoms with E-state index in [2.05, 4.69) is 5.10 Å². The number of nitrogens with zero attached hydrogens (tertiary/aromatic N) is 2. The molecule has 1 unspecified atom stereocenters. The Morgan fingerprint density at radius 1 is 1.60 bits per heavy atom. The minimum absolute atomic E-state index is 0.293. The molecule has 1 aromatic heterocycles. The SMILES string of the molecule is CC(C)Cn1ccc(C2(N)CC2(F)F)n1. The zero-order chi connectivity index (χ0) is 11.3. The van der Waals surface area contributed by atoms with E-state index in [1.807, 2.05) is 13.8 Å². The molecule has 2 N–H and O–H groups in total. The monoisotopic (exact) mass is 215 g/mol. The van der Waals surface area contributed by atoms with E-state index < -0.39 is 11.5 Å². The lowest BCUT2D eigenvalue weighted by molar-refractivity contribution is 0.0879. The van der Waals surface area contributed by atoms with E-state index >= 15 is 0 Å². The molecule has 84 valence electrons. The highest BCUT2D eigenvalue weighted by atomic mass is 19.3. The van der Waals surface area contributed by atoms with Crippen LogP contribution in [0, 0.1) is 5.92 Å². The summed E-state index contributed by atoms with van der Waals surface area (Å²) in [7, 11) is 0. The lowest BCUT2D eigenvalue weighted by Gasteiger charge is -2.07. The second kappa shape index (κ2) is 3.01. The van der Waals surface area contributed by atoms with Crippen molar-refractivity contribution in [3.63, 3.8) is 0 Å². The van der Waals surface area contributed by atoms with Crippen molar-refractivity contribution in [2.24, 2.45) is 11.7 Å². The fourth-order valence-electron chi connectivity index (χ4n) is 1.66. The molecule has 2 rings (SSSR count). The van der Waals surface area contributed by atoms with Gasteiger partial charge in [0.25, 0.3) is 5.92 Å². The molecule has 15 heavy (non-hydrogen) atoms. The van der Waals surface area contributed by atoms with Crippen LogP contribution in [0.2, 0.25) is 0 Å². The Labute approximate surface area is 87.3 Å². The highest BCUT2D eigenvalue weighted by molar-refractivity contribution is 5.29. The van der Waals surface area contributed by atoms with Gasteiger partial charge in [0, 0.05) is 19.2 Å². The van der Waals surface area contributed by atoms with Crippen LogP contribution in [0.1, 0.15) is 26.0 Å². The molecule has 0 aliphatic heterocycles. The van der Waals surface area contributed by atoms with Gasteiger partial charge in [-0.3, -0.25) is 4.68 Å². The van der Waals surface area contributed by atoms with Crippen molar-refractivity contribution in [1.82, 2.24) is 9.78 Å². The third-order valence-corrected chi connectivity index (χ3v) is 2.68. The first-order valence-corrected chi connectivity index (χ1v) is 5.06. The Morgan fingerprint density at radius 3 is 2.67 bits per heavy atom. The first-order valence-electron chi connectivity index (χ1n) is 5.06. The number of alkyl halides is 2. The molecule has 1 fully saturated rings. The van der Waals surface area contributed by atoms with Gasteiger partial charge in [0.2, 0.25) is 0 Å². The average molecular weight is 215 g/mol. The number of aromatic nitrogens is 2. The summed E-state index contributed by atoms with van der Waals surface area (Å²) in [6, 6.07) is 1.59. The van der Waals surface area contributed by atoms with E-state index in [0.717, 1.165) is 6.54 Å². The summed E-state index contributed by atoms with van der Waals surface area (Å²) in [6.07, 6.45) is 1.41. The lowest BCUT2D eigenvalue weighted by Crippen LogP contribution is -2.28. The zero-order valence-corrected chi connectivity index (χ0v) is 8.87. The van der Waals surface area contributed by atoms with Gasteiger partial charge in [-0.2, -0.15) is 5.10 Å². The molecule has 1 aliphatic carbocycles. The van der Waals surface area contributed by atoms with E-state index in [1.54, 1.807) is 16.9 Å². The number of rotatable bonds is 3. The Balaban J connectivity index is 2.15. The van der Waals surface area contributed by atoms with Crippen LogP contribution in [0.5, 0.6) is 0 Å². The normalized spacial score (nSPS) is 28.4. The topological polar surface area (TPSA) is 43.8 Å². The van der Waals surface area contributed by atoms with Gasteiger partial charge in [-0.1, -0.05) is 13.8 Å². The molecule has 0 aromatic carbocycles. The van der Waals surface area contributed by atoms with Gasteiger partial charge in [0.05, 0.1) is 5.69 Å². The summed E-state index contributed by atoms with van der Waals surface area (Å²) in [5, 5.41) is 4.09. The average Bonchev–Trinajstić information content (AvgIpc) is 2.45. The van der Waals surface area contributed by atoms with Crippen molar-refractivity contribution in [2.45, 2.75) is 38.3 Å². The summed E-state index contributed by atoms with van der Waals surface area (Å²) >= 11 is 0. The standard InChI is InChI=1S/C10H15F2N3/c1-7(2)5-15-4-3-8(14-15)9(13)6-10(9,11)12/h3-4,7H,5-6,13H2,1-2H3. The van der Waals surface area contributed by atoms with E-state index in [0.29, 0.717) is 11.6 Å². The molecule has 0 spiro atoms. The fourth-order valence-corrected chi connectivity index (χ4v) is 1.66. The fraction of sp³-hybridized carbons (Fsp3) is 0.700. The van der Waals surface area contributed by atoms with Crippen LogP contribution in [0.4, 0.5) is 8.78 Å². The number of hydrogen-bond acceptors (Lipinski definition) is 2. The van der Waals surface area contributed by atoms with Crippen molar-refractivity contribution in [1.29, 1.82) is 0 Å². The van der Waals surface area contributed by atoms with Gasteiger partial charge in [0.15, 0.2) is 0 Å². The molecule has 1 aliphatic rings. The van der Waals surface area contributed by atoms with Crippen molar-refractivity contribution < 1.29 is 8.78 Å². The molecular weight excluding hydrogens is 200 g/mol. The zero-order valence-electron chi connectivity index (χ0n) is 8.87. The van der Waals surface area contributed by atoms with Crippen LogP contribution in [0.15, 0.2) is 12.3 Å². The summed E-state index contributed by atoms with van der Waals surface area (Å²) in [5.74, 6) is -2.35. The molecule has 0 radical (unpaired) electrons. The predicted octanol–water partition coefficient (Wildman–Crippen LogP) is 1.73. The van der Waals surface area contributed by atoms with Crippen LogP contribution >= 0.6 is 0 Å². The summed E-state index contributed by atoms with van der Waals surface area (Å²) in [5.41, 5.74) is 4.34. The second-order valence-corrected chi connectivity index (χ2v) is 4.67. The van der Waals surface area contributed by atoms with Crippen LogP contribution in [-0.4, -0.2) is 15.7 Å². The molecule has 5 heteroatoms. The molecule has 0 saturated heterocycles. The largest absolute Gasteiger partial charge is 0.315 e. The molecule has 1 heterocycles. The Hall–Kier alpha value is -0.970. The van der Waals surface area contributed by atoms with Gasteiger partial charge in [-0.05, 0) is 12.0 Å². The van der Waals surface area contributed by atoms with E-state index in [9.17, 15) is 8.78 Å². The quantitative estimate of drug-likeness (QED) is 0.834. The first kappa shape index (κ1) is 10.5. The van der Waals surface area contributed by atoms with Gasteiger partial charge in [-0.15, -0.1) is 0 Å². The maximum atomic E-state index is 13.0. The number of nitrogens with two attached hydrogens (primary N) is 1. The molecule has 1 saturated carbocycles. The van der Waals surface area contributed by atoms with Crippen LogP contribution < -0.4 is 5.73 Å². The minimum Gasteiger partial charge on any atom is -0.315 e. The van der Waals surface area contributed by atoms with Crippen molar-refractivity contribution in [3.05, 3.63) is 18.0 Å². The smallest absolute Gasteiger partial charge is 0.274 e. The van der Waals surface area contributed by atoms with Crippen molar-refractivity contribution >= 4 is 0 Å². The molecular formula is C10H15F2N3. The van der Waals surface area contributed by atoms with E-state index in [4.69, 9.17) is 5.73 Å². The van der Waals surface area contributed by atoms with Crippen LogP contribution in [0.3, 0.4) is 0 Å². The highest BCUT2D eigenvalue weighted by Gasteiger charge is 2.71. The number of halogens is 2. The Bertz CT molecular complexity index is 372. The molecule has 3 nitrogen and oxygen atoms in total. The summed E-state index contributed by atoms with van der Waals surface area (Å²) < 4.78 is 27.6. The van der Waals surface area contributed by atoms with Crippen LogP contribution in [0.25, 0.3) is 0 Å². The summed E-state index contributed by atoms with van der Waals surface area (Å²) in [6.45, 7) is 4.82. The maximum Gasteiger partial charge on any atom is 0.274 e. The molecule has 1 aromatic rings. The molecule has 0 amide bonds. The Morgan fingerprint density at radius 2 is 2.20 bits per heavy atom. The second-order valence-electron chi connectivity index (χ2n) is 4.67. The van der Waals surface area contributed by atoms with Crippen molar-refractivity contribution in [3.8, 4) is 0 Å². The summed E-state index contributed by atoms with van der Waals surface area (Å²) in [4.78, 5) is 0. The third kappa shape index (κ3) is 1.65. The van der Waals surface area contributed by atoms with Gasteiger partial charge in [-0.25, -0.2) is 8.78 Å². The maximum absolute atomic E-state index is 13.0. The van der Waals surface area contributed by atoms with Crippen molar-refractivity contribution in [2.75, 3.05) is 0 Å². The van der Waals surface area contributed by atoms with Gasteiger partial charge < -0.3 is 5.73 Å². The van der Waals surface area contributed by atoms with Gasteiger partial charge in [0.1, 0.15) is 5.54 Å². The molecule has 0 bridgehead atoms. The Kier molecular flexibility index (Phi) is 2.12. The third-order valence-electron chi connectivity index (χ3n) is 2.68. The van der Waals surface area contributed by atoms with Crippen LogP contribution in [-0.2, 0) is 12.1 Å². The number of hydrogen-bond donors (Lipinski definition) is 1. The van der Waals surface area contributed by atoms with E-state index in [1.165, 1.54) is 0 Å². The van der Waals surface area contributed by atoms with E-state index in [-0.39, 0.29) is 6.42 Å². The highest BCUT2D eigenvalue weighted by Crippen LogP contribution is 2.56. The minimum atomic E-state index is -2.79. The predicted molar refractivity (Wildman–Crippen MR) is 52.5 cm³/mol.